The normalized spacial score (nSPS) is 14.9. The maximum atomic E-state index is 12.9. The summed E-state index contributed by atoms with van der Waals surface area (Å²) < 4.78 is 54.2. The highest BCUT2D eigenvalue weighted by Crippen LogP contribution is 2.42. The summed E-state index contributed by atoms with van der Waals surface area (Å²) in [5.41, 5.74) is 8.62. The molecule has 1 amide bonds. The van der Waals surface area contributed by atoms with Gasteiger partial charge in [-0.2, -0.15) is 0 Å². The van der Waals surface area contributed by atoms with Crippen molar-refractivity contribution in [3.63, 3.8) is 0 Å². The zero-order valence-corrected chi connectivity index (χ0v) is 25.5. The SMILES string of the molecule is COC(C)(c1cccc(-c2cc(C(C)(C)S(C)(=O)=O)cc3cccnc23)c1)C(C(N)=O)c1ccc(S(C)(=O)=O)cc1. The number of rotatable bonds is 9. The van der Waals surface area contributed by atoms with Gasteiger partial charge in [0, 0.05) is 36.8 Å². The van der Waals surface area contributed by atoms with Gasteiger partial charge < -0.3 is 10.5 Å². The first-order valence-corrected chi connectivity index (χ1v) is 16.6. The molecule has 0 aliphatic heterocycles. The highest BCUT2D eigenvalue weighted by molar-refractivity contribution is 7.91. The number of aromatic nitrogens is 1. The quantitative estimate of drug-likeness (QED) is 0.297. The summed E-state index contributed by atoms with van der Waals surface area (Å²) in [7, 11) is -5.39. The number of benzene rings is 3. The Morgan fingerprint density at radius 2 is 1.54 bits per heavy atom. The van der Waals surface area contributed by atoms with Gasteiger partial charge in [-0.05, 0) is 79.4 Å². The predicted molar refractivity (Wildman–Crippen MR) is 161 cm³/mol. The van der Waals surface area contributed by atoms with E-state index in [-0.39, 0.29) is 4.90 Å². The van der Waals surface area contributed by atoms with E-state index in [9.17, 15) is 21.6 Å². The molecule has 0 saturated carbocycles. The maximum absolute atomic E-state index is 12.9. The number of carbonyl (C=O) groups excluding carboxylic acids is 1. The molecule has 0 radical (unpaired) electrons. The molecule has 1 heterocycles. The van der Waals surface area contributed by atoms with Crippen LogP contribution in [-0.4, -0.2) is 47.3 Å². The first kappa shape index (κ1) is 30.4. The molecule has 8 nitrogen and oxygen atoms in total. The monoisotopic (exact) mass is 594 g/mol. The first-order chi connectivity index (χ1) is 19.0. The highest BCUT2D eigenvalue weighted by atomic mass is 32.2. The predicted octanol–water partition coefficient (Wildman–Crippen LogP) is 4.72. The number of amides is 1. The topological polar surface area (TPSA) is 133 Å². The molecule has 4 rings (SSSR count). The lowest BCUT2D eigenvalue weighted by Gasteiger charge is -2.36. The fourth-order valence-electron chi connectivity index (χ4n) is 5.03. The molecule has 0 fully saturated rings. The Morgan fingerprint density at radius 3 is 2.10 bits per heavy atom. The summed E-state index contributed by atoms with van der Waals surface area (Å²) in [5.74, 6) is -1.60. The Labute approximate surface area is 241 Å². The van der Waals surface area contributed by atoms with Crippen molar-refractivity contribution in [2.75, 3.05) is 19.6 Å². The Balaban J connectivity index is 1.91. The second-order valence-corrected chi connectivity index (χ2v) is 15.5. The van der Waals surface area contributed by atoms with E-state index in [0.717, 1.165) is 22.8 Å². The number of hydrogen-bond donors (Lipinski definition) is 1. The van der Waals surface area contributed by atoms with Crippen LogP contribution in [0.1, 0.15) is 43.4 Å². The summed E-state index contributed by atoms with van der Waals surface area (Å²) in [6.07, 6.45) is 4.01. The van der Waals surface area contributed by atoms with E-state index in [1.165, 1.54) is 25.5 Å². The van der Waals surface area contributed by atoms with E-state index in [2.05, 4.69) is 4.98 Å². The van der Waals surface area contributed by atoms with Gasteiger partial charge in [0.05, 0.1) is 21.1 Å². The van der Waals surface area contributed by atoms with Crippen LogP contribution < -0.4 is 5.73 Å². The molecule has 3 aromatic carbocycles. The van der Waals surface area contributed by atoms with Crippen LogP contribution in [-0.2, 0) is 39.6 Å². The van der Waals surface area contributed by atoms with Crippen LogP contribution in [0.2, 0.25) is 0 Å². The van der Waals surface area contributed by atoms with E-state index in [4.69, 9.17) is 10.5 Å². The minimum Gasteiger partial charge on any atom is -0.373 e. The number of carbonyl (C=O) groups is 1. The lowest BCUT2D eigenvalue weighted by Crippen LogP contribution is -2.40. The van der Waals surface area contributed by atoms with Crippen molar-refractivity contribution in [3.8, 4) is 11.1 Å². The fraction of sp³-hybridized carbons (Fsp3) is 0.290. The van der Waals surface area contributed by atoms with Gasteiger partial charge in [0.1, 0.15) is 5.60 Å². The third-order valence-corrected chi connectivity index (χ3v) is 11.2. The standard InChI is InChI=1S/C31H34N2O6S2/c1-30(2,41(6,37)38)24-18-22-10-8-16-33-28(22)26(19-24)21-9-7-11-23(17-21)31(3,39-4)27(29(32)34)20-12-14-25(15-13-20)40(5,35)36/h7-19,27H,1-6H3,(H2,32,34). The average Bonchev–Trinajstić information content (AvgIpc) is 2.91. The molecular weight excluding hydrogens is 560 g/mol. The Morgan fingerprint density at radius 1 is 0.878 bits per heavy atom. The van der Waals surface area contributed by atoms with Crippen molar-refractivity contribution in [3.05, 3.63) is 95.7 Å². The molecule has 0 bridgehead atoms. The third kappa shape index (κ3) is 5.64. The number of pyridine rings is 1. The van der Waals surface area contributed by atoms with Crippen LogP contribution in [0.5, 0.6) is 0 Å². The zero-order chi connectivity index (χ0) is 30.4. The molecule has 4 aromatic rings. The summed E-state index contributed by atoms with van der Waals surface area (Å²) >= 11 is 0. The van der Waals surface area contributed by atoms with Crippen LogP contribution in [0.25, 0.3) is 22.0 Å². The largest absolute Gasteiger partial charge is 0.373 e. The van der Waals surface area contributed by atoms with Crippen molar-refractivity contribution in [2.24, 2.45) is 5.73 Å². The van der Waals surface area contributed by atoms with Crippen LogP contribution in [0.3, 0.4) is 0 Å². The van der Waals surface area contributed by atoms with Crippen molar-refractivity contribution >= 4 is 36.5 Å². The van der Waals surface area contributed by atoms with Gasteiger partial charge in [0.2, 0.25) is 5.91 Å². The Hall–Kier alpha value is -3.60. The third-order valence-electron chi connectivity index (χ3n) is 7.97. The van der Waals surface area contributed by atoms with Crippen molar-refractivity contribution < 1.29 is 26.4 Å². The minimum absolute atomic E-state index is 0.127. The molecule has 2 atom stereocenters. The summed E-state index contributed by atoms with van der Waals surface area (Å²) in [6.45, 7) is 5.11. The van der Waals surface area contributed by atoms with Gasteiger partial charge >= 0.3 is 0 Å². The van der Waals surface area contributed by atoms with Crippen molar-refractivity contribution in [1.82, 2.24) is 4.98 Å². The second kappa shape index (κ2) is 10.7. The van der Waals surface area contributed by atoms with Crippen molar-refractivity contribution in [1.29, 1.82) is 0 Å². The zero-order valence-electron chi connectivity index (χ0n) is 23.9. The summed E-state index contributed by atoms with van der Waals surface area (Å²) in [6, 6.07) is 20.8. The molecule has 0 spiro atoms. The van der Waals surface area contributed by atoms with Gasteiger partial charge in [0.25, 0.3) is 0 Å². The smallest absolute Gasteiger partial charge is 0.228 e. The van der Waals surface area contributed by atoms with E-state index < -0.39 is 41.8 Å². The number of nitrogens with zero attached hydrogens (tertiary/aromatic N) is 1. The minimum atomic E-state index is -3.45. The molecule has 2 unspecified atom stereocenters. The molecule has 10 heteroatoms. The average molecular weight is 595 g/mol. The molecule has 41 heavy (non-hydrogen) atoms. The number of methoxy groups -OCH3 is 1. The number of sulfone groups is 2. The molecule has 0 saturated heterocycles. The van der Waals surface area contributed by atoms with E-state index in [0.29, 0.717) is 22.2 Å². The molecule has 1 aromatic heterocycles. The van der Waals surface area contributed by atoms with Crippen molar-refractivity contribution in [2.45, 2.75) is 41.9 Å². The Bertz CT molecular complexity index is 1850. The van der Waals surface area contributed by atoms with E-state index in [1.54, 1.807) is 45.2 Å². The van der Waals surface area contributed by atoms with Crippen LogP contribution in [0.4, 0.5) is 0 Å². The highest BCUT2D eigenvalue weighted by Gasteiger charge is 2.41. The van der Waals surface area contributed by atoms with E-state index in [1.807, 2.05) is 42.5 Å². The van der Waals surface area contributed by atoms with Gasteiger partial charge in [-0.15, -0.1) is 0 Å². The number of hydrogen-bond acceptors (Lipinski definition) is 7. The van der Waals surface area contributed by atoms with Gasteiger partial charge in [-0.25, -0.2) is 16.8 Å². The maximum Gasteiger partial charge on any atom is 0.228 e. The first-order valence-electron chi connectivity index (χ1n) is 12.8. The lowest BCUT2D eigenvalue weighted by molar-refractivity contribution is -0.127. The van der Waals surface area contributed by atoms with Gasteiger partial charge in [0.15, 0.2) is 19.7 Å². The number of primary amides is 1. The summed E-state index contributed by atoms with van der Waals surface area (Å²) in [5, 5.41) is 0.789. The number of ether oxygens (including phenoxy) is 1. The van der Waals surface area contributed by atoms with Crippen LogP contribution in [0, 0.1) is 0 Å². The molecule has 0 aliphatic rings. The Kier molecular flexibility index (Phi) is 7.90. The summed E-state index contributed by atoms with van der Waals surface area (Å²) in [4.78, 5) is 17.6. The lowest BCUT2D eigenvalue weighted by atomic mass is 9.77. The second-order valence-electron chi connectivity index (χ2n) is 10.9. The van der Waals surface area contributed by atoms with Crippen LogP contribution in [0.15, 0.2) is 83.9 Å². The van der Waals surface area contributed by atoms with Crippen LogP contribution >= 0.6 is 0 Å². The molecular formula is C31H34N2O6S2. The fourth-order valence-corrected chi connectivity index (χ4v) is 6.21. The van der Waals surface area contributed by atoms with E-state index >= 15 is 0 Å². The molecule has 2 N–H and O–H groups in total. The number of fused-ring (bicyclic) bond motifs is 1. The van der Waals surface area contributed by atoms with Gasteiger partial charge in [-0.1, -0.05) is 36.4 Å². The molecule has 0 aliphatic carbocycles. The van der Waals surface area contributed by atoms with Gasteiger partial charge in [-0.3, -0.25) is 9.78 Å². The number of nitrogens with two attached hydrogens (primary N) is 1. The molecule has 216 valence electrons.